The van der Waals surface area contributed by atoms with Crippen molar-refractivity contribution in [2.24, 2.45) is 0 Å². The van der Waals surface area contributed by atoms with E-state index in [9.17, 15) is 9.59 Å². The Morgan fingerprint density at radius 2 is 1.79 bits per heavy atom. The second-order valence-electron chi connectivity index (χ2n) is 9.72. The van der Waals surface area contributed by atoms with E-state index in [4.69, 9.17) is 4.74 Å². The normalized spacial score (nSPS) is 12.4. The Morgan fingerprint density at radius 3 is 2.33 bits per heavy atom. The van der Waals surface area contributed by atoms with Gasteiger partial charge in [-0.25, -0.2) is 0 Å². The van der Waals surface area contributed by atoms with E-state index in [0.717, 1.165) is 15.6 Å². The molecule has 2 amide bonds. The van der Waals surface area contributed by atoms with E-state index >= 15 is 0 Å². The third-order valence-corrected chi connectivity index (χ3v) is 6.19. The van der Waals surface area contributed by atoms with Gasteiger partial charge in [0.15, 0.2) is 6.61 Å². The maximum absolute atomic E-state index is 13.4. The van der Waals surface area contributed by atoms with Gasteiger partial charge in [-0.05, 0) is 77.4 Å². The fraction of sp³-hybridized carbons (Fsp3) is 0.481. The van der Waals surface area contributed by atoms with Crippen molar-refractivity contribution in [3.63, 3.8) is 0 Å². The molecule has 1 atom stereocenters. The average Bonchev–Trinajstić information content (AvgIpc) is 2.72. The highest BCUT2D eigenvalue weighted by molar-refractivity contribution is 9.10. The molecule has 2 aromatic carbocycles. The maximum Gasteiger partial charge on any atom is 0.261 e. The van der Waals surface area contributed by atoms with Crippen molar-refractivity contribution < 1.29 is 14.3 Å². The summed E-state index contributed by atoms with van der Waals surface area (Å²) in [5, 5.41) is 2.95. The Kier molecular flexibility index (Phi) is 9.53. The van der Waals surface area contributed by atoms with Crippen LogP contribution in [0.15, 0.2) is 46.9 Å². The standard InChI is InChI=1S/C27H37BrN2O3/c1-8-23(26(32)29-18(2)3)30(16-20-12-10-9-11-19(20)4)25(31)17-33-24-14-13-21(15-22(24)28)27(5,6)7/h9-15,18,23H,8,16-17H2,1-7H3,(H,29,32)/t23-/m0/s1. The summed E-state index contributed by atoms with van der Waals surface area (Å²) >= 11 is 3.57. The molecule has 33 heavy (non-hydrogen) atoms. The van der Waals surface area contributed by atoms with Crippen molar-refractivity contribution in [3.8, 4) is 5.75 Å². The molecule has 180 valence electrons. The summed E-state index contributed by atoms with van der Waals surface area (Å²) in [6, 6.07) is 13.3. The van der Waals surface area contributed by atoms with Crippen LogP contribution in [0.1, 0.15) is 64.7 Å². The van der Waals surface area contributed by atoms with Crippen LogP contribution in [0.25, 0.3) is 0 Å². The maximum atomic E-state index is 13.4. The first-order valence-electron chi connectivity index (χ1n) is 11.5. The van der Waals surface area contributed by atoms with E-state index < -0.39 is 6.04 Å². The zero-order valence-corrected chi connectivity index (χ0v) is 22.5. The van der Waals surface area contributed by atoms with Gasteiger partial charge < -0.3 is 15.0 Å². The lowest BCUT2D eigenvalue weighted by Gasteiger charge is -2.31. The number of nitrogens with one attached hydrogen (secondary N) is 1. The Bertz CT molecular complexity index is 966. The van der Waals surface area contributed by atoms with Crippen LogP contribution in [-0.4, -0.2) is 35.4 Å². The second kappa shape index (κ2) is 11.7. The number of aryl methyl sites for hydroxylation is 1. The van der Waals surface area contributed by atoms with E-state index in [1.165, 1.54) is 5.56 Å². The lowest BCUT2D eigenvalue weighted by molar-refractivity contribution is -0.143. The molecule has 0 radical (unpaired) electrons. The van der Waals surface area contributed by atoms with Crippen LogP contribution in [0.2, 0.25) is 0 Å². The molecule has 0 aliphatic heterocycles. The number of amides is 2. The largest absolute Gasteiger partial charge is 0.483 e. The molecule has 0 spiro atoms. The number of hydrogen-bond acceptors (Lipinski definition) is 3. The molecule has 0 saturated carbocycles. The minimum Gasteiger partial charge on any atom is -0.483 e. The molecule has 5 nitrogen and oxygen atoms in total. The fourth-order valence-corrected chi connectivity index (χ4v) is 4.07. The van der Waals surface area contributed by atoms with Crippen LogP contribution in [0.4, 0.5) is 0 Å². The van der Waals surface area contributed by atoms with Crippen molar-refractivity contribution in [3.05, 3.63) is 63.6 Å². The van der Waals surface area contributed by atoms with Crippen LogP contribution in [0, 0.1) is 6.92 Å². The van der Waals surface area contributed by atoms with Gasteiger partial charge in [0, 0.05) is 12.6 Å². The Balaban J connectivity index is 2.25. The van der Waals surface area contributed by atoms with Gasteiger partial charge in [-0.3, -0.25) is 9.59 Å². The summed E-state index contributed by atoms with van der Waals surface area (Å²) in [5.41, 5.74) is 3.28. The lowest BCUT2D eigenvalue weighted by atomic mass is 9.87. The summed E-state index contributed by atoms with van der Waals surface area (Å²) < 4.78 is 6.70. The number of carbonyl (C=O) groups is 2. The summed E-state index contributed by atoms with van der Waals surface area (Å²) in [6.45, 7) is 14.4. The number of nitrogens with zero attached hydrogens (tertiary/aromatic N) is 1. The highest BCUT2D eigenvalue weighted by Crippen LogP contribution is 2.31. The lowest BCUT2D eigenvalue weighted by Crippen LogP contribution is -2.51. The molecular formula is C27H37BrN2O3. The summed E-state index contributed by atoms with van der Waals surface area (Å²) in [7, 11) is 0. The molecule has 2 aromatic rings. The van der Waals surface area contributed by atoms with Crippen molar-refractivity contribution in [1.29, 1.82) is 0 Å². The van der Waals surface area contributed by atoms with Gasteiger partial charge in [-0.1, -0.05) is 58.0 Å². The number of benzene rings is 2. The fourth-order valence-electron chi connectivity index (χ4n) is 3.58. The van der Waals surface area contributed by atoms with E-state index in [1.54, 1.807) is 4.90 Å². The van der Waals surface area contributed by atoms with E-state index in [0.29, 0.717) is 18.7 Å². The number of halogens is 1. The first-order chi connectivity index (χ1) is 15.4. The van der Waals surface area contributed by atoms with E-state index in [2.05, 4.69) is 42.0 Å². The van der Waals surface area contributed by atoms with Gasteiger partial charge >= 0.3 is 0 Å². The van der Waals surface area contributed by atoms with Crippen LogP contribution < -0.4 is 10.1 Å². The predicted octanol–water partition coefficient (Wildman–Crippen LogP) is 5.77. The van der Waals surface area contributed by atoms with Crippen molar-refractivity contribution in [2.75, 3.05) is 6.61 Å². The van der Waals surface area contributed by atoms with E-state index in [1.807, 2.05) is 70.2 Å². The first-order valence-corrected chi connectivity index (χ1v) is 12.3. The second-order valence-corrected chi connectivity index (χ2v) is 10.6. The molecule has 0 fully saturated rings. The first kappa shape index (κ1) is 26.9. The Morgan fingerprint density at radius 1 is 1.12 bits per heavy atom. The topological polar surface area (TPSA) is 58.6 Å². The zero-order chi connectivity index (χ0) is 24.8. The highest BCUT2D eigenvalue weighted by atomic mass is 79.9. The van der Waals surface area contributed by atoms with Crippen LogP contribution in [0.5, 0.6) is 5.75 Å². The van der Waals surface area contributed by atoms with Gasteiger partial charge in [0.25, 0.3) is 5.91 Å². The number of rotatable bonds is 9. The molecule has 2 rings (SSSR count). The number of ether oxygens (including phenoxy) is 1. The Hall–Kier alpha value is -2.34. The molecule has 0 aromatic heterocycles. The van der Waals surface area contributed by atoms with Gasteiger partial charge in [-0.2, -0.15) is 0 Å². The molecular weight excluding hydrogens is 480 g/mol. The minimum atomic E-state index is -0.574. The highest BCUT2D eigenvalue weighted by Gasteiger charge is 2.29. The molecule has 0 unspecified atom stereocenters. The predicted molar refractivity (Wildman–Crippen MR) is 137 cm³/mol. The Labute approximate surface area is 207 Å². The average molecular weight is 518 g/mol. The zero-order valence-electron chi connectivity index (χ0n) is 20.9. The molecule has 0 heterocycles. The van der Waals surface area contributed by atoms with E-state index in [-0.39, 0.29) is 29.9 Å². The van der Waals surface area contributed by atoms with Gasteiger partial charge in [0.2, 0.25) is 5.91 Å². The SMILES string of the molecule is CC[C@@H](C(=O)NC(C)C)N(Cc1ccccc1C)C(=O)COc1ccc(C(C)(C)C)cc1Br. The van der Waals surface area contributed by atoms with Crippen LogP contribution in [0.3, 0.4) is 0 Å². The summed E-state index contributed by atoms with van der Waals surface area (Å²) in [6.07, 6.45) is 0.514. The van der Waals surface area contributed by atoms with Crippen molar-refractivity contribution in [2.45, 2.75) is 78.9 Å². The molecule has 1 N–H and O–H groups in total. The van der Waals surface area contributed by atoms with Crippen molar-refractivity contribution in [1.82, 2.24) is 10.2 Å². The van der Waals surface area contributed by atoms with Gasteiger partial charge in [-0.15, -0.1) is 0 Å². The molecule has 0 saturated heterocycles. The quantitative estimate of drug-likeness (QED) is 0.460. The number of carbonyl (C=O) groups excluding carboxylic acids is 2. The van der Waals surface area contributed by atoms with Crippen LogP contribution in [-0.2, 0) is 21.5 Å². The molecule has 6 heteroatoms. The van der Waals surface area contributed by atoms with Crippen molar-refractivity contribution >= 4 is 27.7 Å². The smallest absolute Gasteiger partial charge is 0.261 e. The van der Waals surface area contributed by atoms with Crippen LogP contribution >= 0.6 is 15.9 Å². The molecule has 0 bridgehead atoms. The third kappa shape index (κ3) is 7.60. The summed E-state index contributed by atoms with van der Waals surface area (Å²) in [5.74, 6) is 0.229. The molecule has 0 aliphatic carbocycles. The minimum absolute atomic E-state index is 0.00417. The summed E-state index contributed by atoms with van der Waals surface area (Å²) in [4.78, 5) is 27.9. The third-order valence-electron chi connectivity index (χ3n) is 5.57. The monoisotopic (exact) mass is 516 g/mol. The molecule has 0 aliphatic rings. The van der Waals surface area contributed by atoms with Gasteiger partial charge in [0.1, 0.15) is 11.8 Å². The van der Waals surface area contributed by atoms with Gasteiger partial charge in [0.05, 0.1) is 4.47 Å². The number of hydrogen-bond donors (Lipinski definition) is 1.